The molecule has 9 heteroatoms. The van der Waals surface area contributed by atoms with Gasteiger partial charge in [0.15, 0.2) is 0 Å². The molecule has 0 saturated carbocycles. The normalized spacial score (nSPS) is 14.2. The summed E-state index contributed by atoms with van der Waals surface area (Å²) in [7, 11) is 1.64. The summed E-state index contributed by atoms with van der Waals surface area (Å²) in [5, 5.41) is 0. The van der Waals surface area contributed by atoms with Crippen LogP contribution in [0.25, 0.3) is 0 Å². The van der Waals surface area contributed by atoms with Crippen LogP contribution in [0.4, 0.5) is 0 Å². The van der Waals surface area contributed by atoms with Crippen molar-refractivity contribution >= 4 is 13.8 Å². The fourth-order valence-electron chi connectivity index (χ4n) is 6.90. The zero-order valence-corrected chi connectivity index (χ0v) is 43.6. The first-order valence-corrected chi connectivity index (χ1v) is 27.8. The molecule has 0 aliphatic heterocycles. The molecule has 65 heavy (non-hydrogen) atoms. The molecule has 0 heterocycles. The molecule has 0 fully saturated rings. The third-order valence-electron chi connectivity index (χ3n) is 10.9. The Morgan fingerprint density at radius 3 is 1.35 bits per heavy atom. The van der Waals surface area contributed by atoms with Gasteiger partial charge in [-0.3, -0.25) is 13.8 Å². The standard InChI is InChI=1S/C56H100NO7P/c1-6-8-10-12-14-16-18-20-22-24-26-28-29-30-31-33-35-37-39-41-43-45-47-49-56(58)64-55(54-63-65(59,60)62-52-50-57(3,4)5)53-61-51-48-46-44-42-40-38-36-34-32-27-25-23-21-19-17-15-13-11-9-7-2/h8,10,14,16,20-23,26,28,30-31,35,37,55H,6-7,9,11-13,15,17-19,24-25,27,29,32-34,36,38-54H2,1-5H3/p+1/b10-8-,16-14-,22-20-,23-21-,28-26-,31-30-,37-35-. The van der Waals surface area contributed by atoms with E-state index in [2.05, 4.69) is 98.9 Å². The summed E-state index contributed by atoms with van der Waals surface area (Å²) in [4.78, 5) is 23.0. The first-order chi connectivity index (χ1) is 31.6. The number of rotatable bonds is 48. The molecule has 2 unspecified atom stereocenters. The maximum absolute atomic E-state index is 12.8. The van der Waals surface area contributed by atoms with Gasteiger partial charge in [0.25, 0.3) is 0 Å². The number of phosphoric ester groups is 1. The number of allylic oxidation sites excluding steroid dienone is 14. The molecule has 2 atom stereocenters. The Hall–Kier alpha value is -2.32. The number of unbranched alkanes of at least 4 members (excludes halogenated alkanes) is 20. The highest BCUT2D eigenvalue weighted by Crippen LogP contribution is 2.43. The van der Waals surface area contributed by atoms with E-state index in [9.17, 15) is 14.3 Å². The number of carbonyl (C=O) groups excluding carboxylic acids is 1. The van der Waals surface area contributed by atoms with Gasteiger partial charge in [-0.2, -0.15) is 0 Å². The van der Waals surface area contributed by atoms with Gasteiger partial charge < -0.3 is 18.9 Å². The Balaban J connectivity index is 4.22. The molecular weight excluding hydrogens is 830 g/mol. The molecule has 0 rings (SSSR count). The number of ether oxygens (including phenoxy) is 2. The highest BCUT2D eigenvalue weighted by molar-refractivity contribution is 7.47. The minimum absolute atomic E-state index is 0.0789. The van der Waals surface area contributed by atoms with Crippen molar-refractivity contribution in [2.75, 3.05) is 54.1 Å². The van der Waals surface area contributed by atoms with E-state index in [1.165, 1.54) is 103 Å². The van der Waals surface area contributed by atoms with Gasteiger partial charge >= 0.3 is 13.8 Å². The lowest BCUT2D eigenvalue weighted by atomic mass is 10.1. The van der Waals surface area contributed by atoms with Gasteiger partial charge in [0.2, 0.25) is 0 Å². The number of esters is 1. The molecular formula is C56H101NO7P+. The molecule has 0 spiro atoms. The third kappa shape index (κ3) is 52.5. The van der Waals surface area contributed by atoms with Crippen molar-refractivity contribution in [1.82, 2.24) is 0 Å². The van der Waals surface area contributed by atoms with E-state index in [0.29, 0.717) is 24.1 Å². The van der Waals surface area contributed by atoms with E-state index in [1.54, 1.807) is 0 Å². The van der Waals surface area contributed by atoms with Crippen LogP contribution in [-0.4, -0.2) is 75.6 Å². The van der Waals surface area contributed by atoms with Crippen molar-refractivity contribution in [2.45, 2.75) is 213 Å². The lowest BCUT2D eigenvalue weighted by Crippen LogP contribution is -2.37. The van der Waals surface area contributed by atoms with Gasteiger partial charge in [-0.25, -0.2) is 4.57 Å². The summed E-state index contributed by atoms with van der Waals surface area (Å²) >= 11 is 0. The van der Waals surface area contributed by atoms with Crippen LogP contribution in [0, 0.1) is 0 Å². The number of likely N-dealkylation sites (N-methyl/N-ethyl adjacent to an activating group) is 1. The number of hydrogen-bond donors (Lipinski definition) is 1. The molecule has 0 aromatic rings. The average Bonchev–Trinajstić information content (AvgIpc) is 3.27. The quantitative estimate of drug-likeness (QED) is 0.0214. The molecule has 376 valence electrons. The summed E-state index contributed by atoms with van der Waals surface area (Å²) in [6.45, 7) is 5.47. The fraction of sp³-hybridized carbons (Fsp3) is 0.732. The SMILES string of the molecule is CC/C=C\C/C=C\C/C=C\C/C=C\C/C=C\C/C=C\CCCCCCC(=O)OC(COCCCCCCCCCCCC/C=C\CCCCCCCC)COP(=O)(O)OCC[N+](C)(C)C. The molecule has 0 bridgehead atoms. The average molecular weight is 931 g/mol. The smallest absolute Gasteiger partial charge is 0.457 e. The van der Waals surface area contributed by atoms with Crippen LogP contribution in [0.3, 0.4) is 0 Å². The molecule has 8 nitrogen and oxygen atoms in total. The van der Waals surface area contributed by atoms with Crippen molar-refractivity contribution < 1.29 is 37.3 Å². The Morgan fingerprint density at radius 1 is 0.492 bits per heavy atom. The highest BCUT2D eigenvalue weighted by Gasteiger charge is 2.26. The van der Waals surface area contributed by atoms with Crippen LogP contribution in [0.15, 0.2) is 85.1 Å². The lowest BCUT2D eigenvalue weighted by molar-refractivity contribution is -0.870. The number of hydrogen-bond acceptors (Lipinski definition) is 6. The van der Waals surface area contributed by atoms with Crippen LogP contribution in [-0.2, 0) is 27.9 Å². The van der Waals surface area contributed by atoms with E-state index in [-0.39, 0.29) is 25.8 Å². The van der Waals surface area contributed by atoms with E-state index in [4.69, 9.17) is 18.5 Å². The molecule has 0 aliphatic rings. The summed E-state index contributed by atoms with van der Waals surface area (Å²) < 4.78 is 35.2. The topological polar surface area (TPSA) is 91.3 Å². The van der Waals surface area contributed by atoms with Gasteiger partial charge in [-0.05, 0) is 89.9 Å². The Bertz CT molecular complexity index is 1310. The lowest BCUT2D eigenvalue weighted by Gasteiger charge is -2.24. The zero-order valence-electron chi connectivity index (χ0n) is 42.7. The molecule has 1 N–H and O–H groups in total. The molecule has 0 radical (unpaired) electrons. The van der Waals surface area contributed by atoms with Crippen molar-refractivity contribution in [2.24, 2.45) is 0 Å². The molecule has 0 saturated heterocycles. The number of carbonyl (C=O) groups is 1. The van der Waals surface area contributed by atoms with Crippen molar-refractivity contribution in [3.63, 3.8) is 0 Å². The summed E-state index contributed by atoms with van der Waals surface area (Å²) in [5.41, 5.74) is 0. The van der Waals surface area contributed by atoms with Crippen molar-refractivity contribution in [3.8, 4) is 0 Å². The van der Waals surface area contributed by atoms with Crippen LogP contribution in [0.5, 0.6) is 0 Å². The molecule has 0 aliphatic carbocycles. The summed E-state index contributed by atoms with van der Waals surface area (Å²) in [6, 6.07) is 0. The van der Waals surface area contributed by atoms with E-state index in [0.717, 1.165) is 83.5 Å². The predicted molar refractivity (Wildman–Crippen MR) is 279 cm³/mol. The third-order valence-corrected chi connectivity index (χ3v) is 11.9. The number of nitrogens with zero attached hydrogens (tertiary/aromatic N) is 1. The predicted octanol–water partition coefficient (Wildman–Crippen LogP) is 16.4. The molecule has 0 aromatic heterocycles. The summed E-state index contributed by atoms with van der Waals surface area (Å²) in [6.07, 6.45) is 64.9. The second-order valence-electron chi connectivity index (χ2n) is 18.5. The minimum Gasteiger partial charge on any atom is -0.457 e. The van der Waals surface area contributed by atoms with E-state index in [1.807, 2.05) is 21.1 Å². The maximum atomic E-state index is 12.8. The first kappa shape index (κ1) is 62.7. The molecule has 0 aromatic carbocycles. The van der Waals surface area contributed by atoms with Gasteiger partial charge in [-0.1, -0.05) is 195 Å². The Labute approximate surface area is 401 Å². The Morgan fingerprint density at radius 2 is 0.892 bits per heavy atom. The van der Waals surface area contributed by atoms with Crippen molar-refractivity contribution in [1.29, 1.82) is 0 Å². The van der Waals surface area contributed by atoms with Gasteiger partial charge in [0.05, 0.1) is 34.4 Å². The first-order valence-electron chi connectivity index (χ1n) is 26.3. The molecule has 0 amide bonds. The summed E-state index contributed by atoms with van der Waals surface area (Å²) in [5.74, 6) is -0.339. The zero-order chi connectivity index (χ0) is 47.6. The van der Waals surface area contributed by atoms with Crippen LogP contribution < -0.4 is 0 Å². The Kier molecular flexibility index (Phi) is 46.4. The second-order valence-corrected chi connectivity index (χ2v) is 20.0. The van der Waals surface area contributed by atoms with Crippen LogP contribution in [0.1, 0.15) is 206 Å². The van der Waals surface area contributed by atoms with Crippen LogP contribution >= 0.6 is 7.82 Å². The maximum Gasteiger partial charge on any atom is 0.472 e. The second kappa shape index (κ2) is 48.1. The van der Waals surface area contributed by atoms with Gasteiger partial charge in [0, 0.05) is 13.0 Å². The largest absolute Gasteiger partial charge is 0.472 e. The van der Waals surface area contributed by atoms with Crippen LogP contribution in [0.2, 0.25) is 0 Å². The fourth-order valence-corrected chi connectivity index (χ4v) is 7.65. The minimum atomic E-state index is -4.29. The van der Waals surface area contributed by atoms with Crippen molar-refractivity contribution in [3.05, 3.63) is 85.1 Å². The van der Waals surface area contributed by atoms with E-state index < -0.39 is 13.9 Å². The van der Waals surface area contributed by atoms with Gasteiger partial charge in [-0.15, -0.1) is 0 Å². The van der Waals surface area contributed by atoms with Gasteiger partial charge in [0.1, 0.15) is 19.3 Å². The number of phosphoric acid groups is 1. The number of quaternary nitrogens is 1. The highest BCUT2D eigenvalue weighted by atomic mass is 31.2. The van der Waals surface area contributed by atoms with E-state index >= 15 is 0 Å². The monoisotopic (exact) mass is 931 g/mol.